The second-order valence-electron chi connectivity index (χ2n) is 4.54. The van der Waals surface area contributed by atoms with Crippen molar-refractivity contribution >= 4 is 17.9 Å². The molecule has 2 aromatic carbocycles. The molecule has 0 atom stereocenters. The molecule has 0 aliphatic rings. The van der Waals surface area contributed by atoms with Crippen molar-refractivity contribution in [3.05, 3.63) is 75.3 Å². The standard InChI is InChI=1S/C15H9F3N2O4/c16-15(17,18)12-6-4-11(5-7-12)14(21)24-19-9-10-2-1-3-13(8-10)20(22)23/h1-9H/b19-9+. The van der Waals surface area contributed by atoms with Gasteiger partial charge in [0.25, 0.3) is 5.69 Å². The van der Waals surface area contributed by atoms with E-state index in [2.05, 4.69) is 9.99 Å². The summed E-state index contributed by atoms with van der Waals surface area (Å²) in [7, 11) is 0. The first-order valence-corrected chi connectivity index (χ1v) is 6.44. The van der Waals surface area contributed by atoms with Crippen molar-refractivity contribution in [1.29, 1.82) is 0 Å². The first kappa shape index (κ1) is 17.1. The molecule has 0 N–H and O–H groups in total. The lowest BCUT2D eigenvalue weighted by Gasteiger charge is -2.06. The lowest BCUT2D eigenvalue weighted by molar-refractivity contribution is -0.384. The summed E-state index contributed by atoms with van der Waals surface area (Å²) in [6.07, 6.45) is -3.42. The Labute approximate surface area is 133 Å². The van der Waals surface area contributed by atoms with Crippen molar-refractivity contribution in [3.63, 3.8) is 0 Å². The molecule has 0 unspecified atom stereocenters. The van der Waals surface area contributed by atoms with Gasteiger partial charge in [-0.1, -0.05) is 17.3 Å². The molecule has 0 heterocycles. The largest absolute Gasteiger partial charge is 0.416 e. The van der Waals surface area contributed by atoms with Crippen molar-refractivity contribution in [2.75, 3.05) is 0 Å². The van der Waals surface area contributed by atoms with E-state index in [1.165, 1.54) is 24.3 Å². The second kappa shape index (κ2) is 6.90. The predicted molar refractivity (Wildman–Crippen MR) is 77.5 cm³/mol. The molecular formula is C15H9F3N2O4. The molecule has 0 aliphatic carbocycles. The zero-order valence-corrected chi connectivity index (χ0v) is 11.9. The summed E-state index contributed by atoms with van der Waals surface area (Å²) in [5.41, 5.74) is -0.837. The lowest BCUT2D eigenvalue weighted by atomic mass is 10.1. The van der Waals surface area contributed by atoms with Gasteiger partial charge in [-0.25, -0.2) is 4.79 Å². The minimum absolute atomic E-state index is 0.112. The van der Waals surface area contributed by atoms with E-state index < -0.39 is 22.6 Å². The number of hydrogen-bond donors (Lipinski definition) is 0. The Morgan fingerprint density at radius 2 is 1.83 bits per heavy atom. The SMILES string of the molecule is O=C(O/N=C/c1cccc([N+](=O)[O-])c1)c1ccc(C(F)(F)F)cc1. The third kappa shape index (κ3) is 4.38. The number of oxime groups is 1. The smallest absolute Gasteiger partial charge is 0.313 e. The van der Waals surface area contributed by atoms with Gasteiger partial charge < -0.3 is 4.84 Å². The molecule has 6 nitrogen and oxygen atoms in total. The molecule has 24 heavy (non-hydrogen) atoms. The summed E-state index contributed by atoms with van der Waals surface area (Å²) in [4.78, 5) is 26.2. The maximum absolute atomic E-state index is 12.4. The van der Waals surface area contributed by atoms with Gasteiger partial charge in [-0.2, -0.15) is 13.2 Å². The van der Waals surface area contributed by atoms with Gasteiger partial charge in [0, 0.05) is 17.7 Å². The molecule has 0 aliphatic heterocycles. The molecule has 2 rings (SSSR count). The Kier molecular flexibility index (Phi) is 4.93. The number of carbonyl (C=O) groups is 1. The van der Waals surface area contributed by atoms with Crippen LogP contribution in [0.15, 0.2) is 53.7 Å². The Morgan fingerprint density at radius 1 is 1.17 bits per heavy atom. The fraction of sp³-hybridized carbons (Fsp3) is 0.0667. The average Bonchev–Trinajstić information content (AvgIpc) is 2.54. The molecule has 0 amide bonds. The Bertz CT molecular complexity index is 786. The number of nitro benzene ring substituents is 1. The Morgan fingerprint density at radius 3 is 2.42 bits per heavy atom. The Hall–Kier alpha value is -3.23. The molecule has 0 fully saturated rings. The number of halogens is 3. The molecule has 2 aromatic rings. The van der Waals surface area contributed by atoms with Crippen LogP contribution in [0.3, 0.4) is 0 Å². The normalized spacial score (nSPS) is 11.5. The zero-order chi connectivity index (χ0) is 17.7. The summed E-state index contributed by atoms with van der Waals surface area (Å²) in [6.45, 7) is 0. The third-order valence-electron chi connectivity index (χ3n) is 2.87. The van der Waals surface area contributed by atoms with Crippen molar-refractivity contribution in [2.45, 2.75) is 6.18 Å². The monoisotopic (exact) mass is 338 g/mol. The number of hydrogen-bond acceptors (Lipinski definition) is 5. The average molecular weight is 338 g/mol. The summed E-state index contributed by atoms with van der Waals surface area (Å²) in [5.74, 6) is -0.953. The van der Waals surface area contributed by atoms with E-state index in [9.17, 15) is 28.1 Å². The van der Waals surface area contributed by atoms with Crippen LogP contribution in [-0.4, -0.2) is 17.1 Å². The quantitative estimate of drug-likeness (QED) is 0.367. The van der Waals surface area contributed by atoms with Gasteiger partial charge in [0.2, 0.25) is 0 Å². The summed E-state index contributed by atoms with van der Waals surface area (Å²) in [5, 5.41) is 14.0. The van der Waals surface area contributed by atoms with E-state index in [0.717, 1.165) is 30.5 Å². The molecular weight excluding hydrogens is 329 g/mol. The first-order chi connectivity index (χ1) is 11.3. The van der Waals surface area contributed by atoms with E-state index in [1.54, 1.807) is 0 Å². The molecule has 0 saturated carbocycles. The number of benzene rings is 2. The van der Waals surface area contributed by atoms with Gasteiger partial charge in [-0.3, -0.25) is 10.1 Å². The highest BCUT2D eigenvalue weighted by Crippen LogP contribution is 2.29. The van der Waals surface area contributed by atoms with Gasteiger partial charge in [0.15, 0.2) is 0 Å². The van der Waals surface area contributed by atoms with Crippen LogP contribution in [0.4, 0.5) is 18.9 Å². The number of rotatable bonds is 4. The molecule has 124 valence electrons. The van der Waals surface area contributed by atoms with E-state index in [-0.39, 0.29) is 11.3 Å². The fourth-order valence-corrected chi connectivity index (χ4v) is 1.70. The number of alkyl halides is 3. The number of nitro groups is 1. The third-order valence-corrected chi connectivity index (χ3v) is 2.87. The van der Waals surface area contributed by atoms with Gasteiger partial charge in [-0.15, -0.1) is 0 Å². The number of nitrogens with zero attached hydrogens (tertiary/aromatic N) is 2. The van der Waals surface area contributed by atoms with E-state index in [0.29, 0.717) is 5.56 Å². The number of non-ortho nitro benzene ring substituents is 1. The van der Waals surface area contributed by atoms with E-state index in [1.807, 2.05) is 0 Å². The van der Waals surface area contributed by atoms with Crippen LogP contribution in [0.25, 0.3) is 0 Å². The van der Waals surface area contributed by atoms with Gasteiger partial charge in [-0.05, 0) is 24.3 Å². The van der Waals surface area contributed by atoms with Crippen molar-refractivity contribution < 1.29 is 27.7 Å². The van der Waals surface area contributed by atoms with Crippen molar-refractivity contribution in [3.8, 4) is 0 Å². The minimum Gasteiger partial charge on any atom is -0.313 e. The van der Waals surface area contributed by atoms with E-state index in [4.69, 9.17) is 0 Å². The van der Waals surface area contributed by atoms with Gasteiger partial charge in [0.05, 0.1) is 22.3 Å². The van der Waals surface area contributed by atoms with E-state index >= 15 is 0 Å². The maximum Gasteiger partial charge on any atom is 0.416 e. The van der Waals surface area contributed by atoms with Crippen LogP contribution < -0.4 is 0 Å². The molecule has 0 spiro atoms. The van der Waals surface area contributed by atoms with Crippen LogP contribution in [0.1, 0.15) is 21.5 Å². The Balaban J connectivity index is 2.02. The molecule has 0 saturated heterocycles. The first-order valence-electron chi connectivity index (χ1n) is 6.44. The van der Waals surface area contributed by atoms with Crippen LogP contribution in [-0.2, 0) is 11.0 Å². The summed E-state index contributed by atoms with van der Waals surface area (Å²) in [6, 6.07) is 8.87. The second-order valence-corrected chi connectivity index (χ2v) is 4.54. The van der Waals surface area contributed by atoms with Crippen LogP contribution in [0.2, 0.25) is 0 Å². The topological polar surface area (TPSA) is 81.8 Å². The maximum atomic E-state index is 12.4. The van der Waals surface area contributed by atoms with Crippen LogP contribution in [0, 0.1) is 10.1 Å². The molecule has 0 bridgehead atoms. The highest BCUT2D eigenvalue weighted by Gasteiger charge is 2.30. The fourth-order valence-electron chi connectivity index (χ4n) is 1.70. The molecule has 0 aromatic heterocycles. The zero-order valence-electron chi connectivity index (χ0n) is 11.9. The highest BCUT2D eigenvalue weighted by molar-refractivity contribution is 5.90. The van der Waals surface area contributed by atoms with Crippen molar-refractivity contribution in [1.82, 2.24) is 0 Å². The molecule has 9 heteroatoms. The summed E-state index contributed by atoms with van der Waals surface area (Å²) < 4.78 is 37.2. The summed E-state index contributed by atoms with van der Waals surface area (Å²) >= 11 is 0. The van der Waals surface area contributed by atoms with Crippen molar-refractivity contribution in [2.24, 2.45) is 5.16 Å². The van der Waals surface area contributed by atoms with Gasteiger partial charge >= 0.3 is 12.1 Å². The van der Waals surface area contributed by atoms with Crippen LogP contribution >= 0.6 is 0 Å². The number of carbonyl (C=O) groups excluding carboxylic acids is 1. The highest BCUT2D eigenvalue weighted by atomic mass is 19.4. The lowest BCUT2D eigenvalue weighted by Crippen LogP contribution is -2.06. The minimum atomic E-state index is -4.50. The van der Waals surface area contributed by atoms with Gasteiger partial charge in [0.1, 0.15) is 0 Å². The molecule has 0 radical (unpaired) electrons. The van der Waals surface area contributed by atoms with Crippen LogP contribution in [0.5, 0.6) is 0 Å². The predicted octanol–water partition coefficient (Wildman–Crippen LogP) is 3.80.